The number of H-pyrrole nitrogens is 1. The SMILES string of the molecule is CCCCC(C)Nc1cc2ccccc2c(=O)[nH]1. The summed E-state index contributed by atoms with van der Waals surface area (Å²) in [6.07, 6.45) is 3.51. The number of unbranched alkanes of at least 4 members (excludes halogenated alkanes) is 1. The number of benzene rings is 1. The normalized spacial score (nSPS) is 12.6. The number of fused-ring (bicyclic) bond motifs is 1. The molecular formula is C15H20N2O. The maximum absolute atomic E-state index is 11.9. The second-order valence-electron chi connectivity index (χ2n) is 4.79. The van der Waals surface area contributed by atoms with E-state index in [1.165, 1.54) is 12.8 Å². The summed E-state index contributed by atoms with van der Waals surface area (Å²) in [6, 6.07) is 10.0. The van der Waals surface area contributed by atoms with Crippen molar-refractivity contribution in [2.24, 2.45) is 0 Å². The van der Waals surface area contributed by atoms with Gasteiger partial charge in [-0.2, -0.15) is 0 Å². The fraction of sp³-hybridized carbons (Fsp3) is 0.400. The van der Waals surface area contributed by atoms with Crippen LogP contribution in [0.3, 0.4) is 0 Å². The fourth-order valence-electron chi connectivity index (χ4n) is 2.14. The average molecular weight is 244 g/mol. The number of hydrogen-bond donors (Lipinski definition) is 2. The first kappa shape index (κ1) is 12.7. The van der Waals surface area contributed by atoms with Crippen LogP contribution in [0.5, 0.6) is 0 Å². The summed E-state index contributed by atoms with van der Waals surface area (Å²) >= 11 is 0. The molecule has 1 aromatic carbocycles. The minimum Gasteiger partial charge on any atom is -0.369 e. The van der Waals surface area contributed by atoms with Gasteiger partial charge in [-0.15, -0.1) is 0 Å². The smallest absolute Gasteiger partial charge is 0.257 e. The number of hydrogen-bond acceptors (Lipinski definition) is 2. The monoisotopic (exact) mass is 244 g/mol. The molecule has 0 saturated carbocycles. The van der Waals surface area contributed by atoms with E-state index in [0.717, 1.165) is 23.0 Å². The molecule has 1 atom stereocenters. The highest BCUT2D eigenvalue weighted by Crippen LogP contribution is 2.14. The van der Waals surface area contributed by atoms with Crippen molar-refractivity contribution >= 4 is 16.6 Å². The molecular weight excluding hydrogens is 224 g/mol. The van der Waals surface area contributed by atoms with Crippen LogP contribution in [0.1, 0.15) is 33.1 Å². The minimum atomic E-state index is -0.0294. The van der Waals surface area contributed by atoms with Crippen molar-refractivity contribution in [3.05, 3.63) is 40.7 Å². The Morgan fingerprint density at radius 3 is 2.89 bits per heavy atom. The van der Waals surface area contributed by atoms with Gasteiger partial charge in [0.05, 0.1) is 0 Å². The molecule has 18 heavy (non-hydrogen) atoms. The molecule has 0 aliphatic carbocycles. The Labute approximate surface area is 107 Å². The van der Waals surface area contributed by atoms with Crippen LogP contribution in [0, 0.1) is 0 Å². The van der Waals surface area contributed by atoms with Crippen LogP contribution in [0.15, 0.2) is 35.1 Å². The van der Waals surface area contributed by atoms with E-state index in [2.05, 4.69) is 24.1 Å². The summed E-state index contributed by atoms with van der Waals surface area (Å²) in [7, 11) is 0. The molecule has 0 saturated heterocycles. The molecule has 0 fully saturated rings. The Morgan fingerprint density at radius 2 is 2.11 bits per heavy atom. The van der Waals surface area contributed by atoms with E-state index in [1.807, 2.05) is 30.3 Å². The van der Waals surface area contributed by atoms with Crippen LogP contribution in [-0.2, 0) is 0 Å². The molecule has 2 rings (SSSR count). The van der Waals surface area contributed by atoms with E-state index >= 15 is 0 Å². The highest BCUT2D eigenvalue weighted by molar-refractivity contribution is 5.83. The molecule has 3 heteroatoms. The van der Waals surface area contributed by atoms with Gasteiger partial charge in [0.25, 0.3) is 5.56 Å². The first-order valence-corrected chi connectivity index (χ1v) is 6.59. The van der Waals surface area contributed by atoms with E-state index < -0.39 is 0 Å². The summed E-state index contributed by atoms with van der Waals surface area (Å²) in [4.78, 5) is 14.8. The van der Waals surface area contributed by atoms with Crippen molar-refractivity contribution in [3.63, 3.8) is 0 Å². The third-order valence-corrected chi connectivity index (χ3v) is 3.15. The van der Waals surface area contributed by atoms with E-state index in [-0.39, 0.29) is 5.56 Å². The molecule has 0 aliphatic heterocycles. The van der Waals surface area contributed by atoms with Crippen LogP contribution in [0.25, 0.3) is 10.8 Å². The molecule has 0 spiro atoms. The van der Waals surface area contributed by atoms with Gasteiger partial charge in [-0.1, -0.05) is 38.0 Å². The first-order valence-electron chi connectivity index (χ1n) is 6.59. The summed E-state index contributed by atoms with van der Waals surface area (Å²) in [5.41, 5.74) is -0.0294. The number of pyridine rings is 1. The molecule has 2 aromatic rings. The first-order chi connectivity index (χ1) is 8.70. The van der Waals surface area contributed by atoms with Gasteiger partial charge in [0, 0.05) is 11.4 Å². The van der Waals surface area contributed by atoms with Crippen LogP contribution in [0.2, 0.25) is 0 Å². The van der Waals surface area contributed by atoms with Crippen LogP contribution < -0.4 is 10.9 Å². The van der Waals surface area contributed by atoms with Gasteiger partial charge in [-0.3, -0.25) is 4.79 Å². The van der Waals surface area contributed by atoms with Gasteiger partial charge in [0.15, 0.2) is 0 Å². The quantitative estimate of drug-likeness (QED) is 0.845. The number of rotatable bonds is 5. The number of aromatic nitrogens is 1. The van der Waals surface area contributed by atoms with Gasteiger partial charge < -0.3 is 10.3 Å². The lowest BCUT2D eigenvalue weighted by Gasteiger charge is -2.14. The van der Waals surface area contributed by atoms with Gasteiger partial charge in [0.2, 0.25) is 0 Å². The molecule has 2 N–H and O–H groups in total. The van der Waals surface area contributed by atoms with E-state index in [1.54, 1.807) is 0 Å². The summed E-state index contributed by atoms with van der Waals surface area (Å²) in [5, 5.41) is 5.07. The zero-order valence-corrected chi connectivity index (χ0v) is 11.0. The lowest BCUT2D eigenvalue weighted by Crippen LogP contribution is -2.18. The maximum Gasteiger partial charge on any atom is 0.257 e. The fourth-order valence-corrected chi connectivity index (χ4v) is 2.14. The number of anilines is 1. The average Bonchev–Trinajstić information content (AvgIpc) is 2.36. The highest BCUT2D eigenvalue weighted by Gasteiger charge is 2.04. The summed E-state index contributed by atoms with van der Waals surface area (Å²) in [6.45, 7) is 4.33. The van der Waals surface area contributed by atoms with Gasteiger partial charge in [-0.25, -0.2) is 0 Å². The van der Waals surface area contributed by atoms with Crippen molar-refractivity contribution in [2.45, 2.75) is 39.2 Å². The largest absolute Gasteiger partial charge is 0.369 e. The second-order valence-corrected chi connectivity index (χ2v) is 4.79. The molecule has 1 heterocycles. The molecule has 0 amide bonds. The van der Waals surface area contributed by atoms with Crippen molar-refractivity contribution in [1.29, 1.82) is 0 Å². The maximum atomic E-state index is 11.9. The standard InChI is InChI=1S/C15H20N2O/c1-3-4-7-11(2)16-14-10-12-8-5-6-9-13(12)15(18)17-14/h5-6,8-11H,3-4,7H2,1-2H3,(H2,16,17,18). The molecule has 3 nitrogen and oxygen atoms in total. The lowest BCUT2D eigenvalue weighted by atomic mass is 10.1. The van der Waals surface area contributed by atoms with Gasteiger partial charge in [-0.05, 0) is 30.9 Å². The number of aromatic amines is 1. The Morgan fingerprint density at radius 1 is 1.33 bits per heavy atom. The topological polar surface area (TPSA) is 44.9 Å². The van der Waals surface area contributed by atoms with Crippen LogP contribution in [0.4, 0.5) is 5.82 Å². The minimum absolute atomic E-state index is 0.0294. The molecule has 96 valence electrons. The van der Waals surface area contributed by atoms with E-state index in [0.29, 0.717) is 6.04 Å². The van der Waals surface area contributed by atoms with E-state index in [9.17, 15) is 4.79 Å². The molecule has 0 bridgehead atoms. The Bertz CT molecular complexity index is 574. The predicted molar refractivity (Wildman–Crippen MR) is 77.2 cm³/mol. The van der Waals surface area contributed by atoms with Crippen molar-refractivity contribution < 1.29 is 0 Å². The Kier molecular flexibility index (Phi) is 4.03. The molecule has 0 aliphatic rings. The number of nitrogens with one attached hydrogen (secondary N) is 2. The third kappa shape index (κ3) is 2.92. The zero-order chi connectivity index (χ0) is 13.0. The van der Waals surface area contributed by atoms with Crippen molar-refractivity contribution in [1.82, 2.24) is 4.98 Å². The van der Waals surface area contributed by atoms with Crippen molar-refractivity contribution in [2.75, 3.05) is 5.32 Å². The van der Waals surface area contributed by atoms with Crippen LogP contribution >= 0.6 is 0 Å². The lowest BCUT2D eigenvalue weighted by molar-refractivity contribution is 0.643. The van der Waals surface area contributed by atoms with Gasteiger partial charge >= 0.3 is 0 Å². The second kappa shape index (κ2) is 5.71. The van der Waals surface area contributed by atoms with Crippen molar-refractivity contribution in [3.8, 4) is 0 Å². The Balaban J connectivity index is 2.22. The van der Waals surface area contributed by atoms with E-state index in [4.69, 9.17) is 0 Å². The van der Waals surface area contributed by atoms with Crippen LogP contribution in [-0.4, -0.2) is 11.0 Å². The van der Waals surface area contributed by atoms with Gasteiger partial charge in [0.1, 0.15) is 5.82 Å². The summed E-state index contributed by atoms with van der Waals surface area (Å²) < 4.78 is 0. The Hall–Kier alpha value is -1.77. The highest BCUT2D eigenvalue weighted by atomic mass is 16.1. The molecule has 1 unspecified atom stereocenters. The predicted octanol–water partition coefficient (Wildman–Crippen LogP) is 3.52. The molecule has 0 radical (unpaired) electrons. The summed E-state index contributed by atoms with van der Waals surface area (Å²) in [5.74, 6) is 0.808. The third-order valence-electron chi connectivity index (χ3n) is 3.15. The molecule has 1 aromatic heterocycles. The zero-order valence-electron chi connectivity index (χ0n) is 11.0.